The predicted molar refractivity (Wildman–Crippen MR) is 81.5 cm³/mol. The lowest BCUT2D eigenvalue weighted by atomic mass is 10.0. The summed E-state index contributed by atoms with van der Waals surface area (Å²) in [4.78, 5) is 0. The number of rotatable bonds is 3. The van der Waals surface area contributed by atoms with Crippen molar-refractivity contribution in [3.63, 3.8) is 0 Å². The molecular weight excluding hydrogens is 284 g/mol. The highest BCUT2D eigenvalue weighted by Crippen LogP contribution is 2.36. The zero-order valence-electron chi connectivity index (χ0n) is 12.5. The smallest absolute Gasteiger partial charge is 0.202 e. The Morgan fingerprint density at radius 1 is 1.36 bits per heavy atom. The van der Waals surface area contributed by atoms with Crippen molar-refractivity contribution in [2.75, 3.05) is 6.61 Å². The van der Waals surface area contributed by atoms with Crippen molar-refractivity contribution in [1.29, 1.82) is 0 Å². The minimum absolute atomic E-state index is 0.131. The normalized spacial score (nSPS) is 27.7. The Labute approximate surface area is 129 Å². The Bertz CT molecular complexity index is 607. The fourth-order valence-corrected chi connectivity index (χ4v) is 2.77. The third kappa shape index (κ3) is 3.16. The van der Waals surface area contributed by atoms with E-state index in [4.69, 9.17) is 14.2 Å². The minimum atomic E-state index is -0.581. The number of hydrogen-bond donors (Lipinski definition) is 2. The minimum Gasteiger partial charge on any atom is -0.465 e. The molecule has 1 saturated heterocycles. The summed E-state index contributed by atoms with van der Waals surface area (Å²) >= 11 is 0. The molecule has 0 bridgehead atoms. The monoisotopic (exact) mass is 304 g/mol. The van der Waals surface area contributed by atoms with Crippen LogP contribution in [0.1, 0.15) is 25.3 Å². The summed E-state index contributed by atoms with van der Waals surface area (Å²) in [6, 6.07) is 5.55. The van der Waals surface area contributed by atoms with Gasteiger partial charge in [-0.1, -0.05) is 6.58 Å². The van der Waals surface area contributed by atoms with Gasteiger partial charge in [0.05, 0.1) is 18.8 Å². The fourth-order valence-electron chi connectivity index (χ4n) is 2.77. The number of ether oxygens (including phenoxy) is 3. The van der Waals surface area contributed by atoms with Gasteiger partial charge in [-0.15, -0.1) is 0 Å². The first-order chi connectivity index (χ1) is 10.5. The number of benzene rings is 1. The summed E-state index contributed by atoms with van der Waals surface area (Å²) in [6.45, 7) is 5.68. The molecule has 1 fully saturated rings. The summed E-state index contributed by atoms with van der Waals surface area (Å²) in [5.41, 5.74) is 2.08. The molecule has 0 radical (unpaired) electrons. The largest absolute Gasteiger partial charge is 0.465 e. The molecule has 2 aliphatic rings. The van der Waals surface area contributed by atoms with Crippen molar-refractivity contribution in [3.8, 4) is 11.5 Å². The lowest BCUT2D eigenvalue weighted by Gasteiger charge is -2.32. The zero-order valence-corrected chi connectivity index (χ0v) is 12.5. The molecular formula is C17H20O5. The van der Waals surface area contributed by atoms with Crippen LogP contribution in [0.3, 0.4) is 0 Å². The van der Waals surface area contributed by atoms with E-state index in [1.165, 1.54) is 0 Å². The maximum Gasteiger partial charge on any atom is 0.202 e. The van der Waals surface area contributed by atoms with Crippen LogP contribution < -0.4 is 9.47 Å². The quantitative estimate of drug-likeness (QED) is 0.896. The number of hydrogen-bond acceptors (Lipinski definition) is 5. The first kappa shape index (κ1) is 15.1. The Hall–Kier alpha value is -1.82. The molecule has 5 heteroatoms. The van der Waals surface area contributed by atoms with Gasteiger partial charge >= 0.3 is 0 Å². The van der Waals surface area contributed by atoms with Gasteiger partial charge in [0.2, 0.25) is 6.29 Å². The van der Waals surface area contributed by atoms with E-state index in [1.807, 2.05) is 25.1 Å². The molecule has 3 rings (SSSR count). The van der Waals surface area contributed by atoms with Gasteiger partial charge in [0.25, 0.3) is 0 Å². The van der Waals surface area contributed by atoms with Gasteiger partial charge in [0.15, 0.2) is 0 Å². The molecule has 2 heterocycles. The van der Waals surface area contributed by atoms with Crippen molar-refractivity contribution < 1.29 is 24.4 Å². The first-order valence-corrected chi connectivity index (χ1v) is 7.35. The summed E-state index contributed by atoms with van der Waals surface area (Å²) < 4.78 is 17.0. The Balaban J connectivity index is 1.75. The molecule has 1 aromatic carbocycles. The highest BCUT2D eigenvalue weighted by Gasteiger charge is 2.29. The lowest BCUT2D eigenvalue weighted by Crippen LogP contribution is -2.40. The second-order valence-corrected chi connectivity index (χ2v) is 5.67. The number of allylic oxidation sites excluding steroid dienone is 2. The third-order valence-corrected chi connectivity index (χ3v) is 3.81. The second-order valence-electron chi connectivity index (χ2n) is 5.67. The van der Waals surface area contributed by atoms with E-state index in [2.05, 4.69) is 6.58 Å². The molecule has 0 aliphatic carbocycles. The fraction of sp³-hybridized carbons (Fsp3) is 0.412. The maximum atomic E-state index is 9.81. The average molecular weight is 304 g/mol. The van der Waals surface area contributed by atoms with Crippen molar-refractivity contribution in [2.24, 2.45) is 0 Å². The van der Waals surface area contributed by atoms with Crippen LogP contribution in [-0.4, -0.2) is 35.3 Å². The summed E-state index contributed by atoms with van der Waals surface area (Å²) in [6.07, 6.45) is 1.17. The van der Waals surface area contributed by atoms with Gasteiger partial charge in [-0.25, -0.2) is 0 Å². The van der Waals surface area contributed by atoms with Crippen LogP contribution in [0.4, 0.5) is 0 Å². The van der Waals surface area contributed by atoms with Crippen LogP contribution in [0.25, 0.3) is 5.57 Å². The Kier molecular flexibility index (Phi) is 4.20. The molecule has 3 atom stereocenters. The van der Waals surface area contributed by atoms with Crippen LogP contribution in [0, 0.1) is 0 Å². The number of fused-ring (bicyclic) bond motifs is 1. The molecule has 0 saturated carbocycles. The molecule has 5 nitrogen and oxygen atoms in total. The molecule has 2 aliphatic heterocycles. The summed E-state index contributed by atoms with van der Waals surface area (Å²) in [7, 11) is 0. The van der Waals surface area contributed by atoms with Crippen LogP contribution in [0.15, 0.2) is 36.6 Å². The summed E-state index contributed by atoms with van der Waals surface area (Å²) in [5, 5.41) is 19.0. The Morgan fingerprint density at radius 2 is 2.18 bits per heavy atom. The van der Waals surface area contributed by atoms with Crippen LogP contribution in [0.2, 0.25) is 0 Å². The number of aliphatic hydroxyl groups excluding tert-OH is 2. The predicted octanol–water partition coefficient (Wildman–Crippen LogP) is 2.23. The van der Waals surface area contributed by atoms with E-state index in [9.17, 15) is 10.2 Å². The molecule has 1 aromatic rings. The van der Waals surface area contributed by atoms with Crippen molar-refractivity contribution in [3.05, 3.63) is 42.2 Å². The highest BCUT2D eigenvalue weighted by atomic mass is 16.7. The van der Waals surface area contributed by atoms with Gasteiger partial charge in [-0.2, -0.15) is 0 Å². The zero-order chi connectivity index (χ0) is 15.7. The Morgan fingerprint density at radius 3 is 2.95 bits per heavy atom. The van der Waals surface area contributed by atoms with Crippen LogP contribution >= 0.6 is 0 Å². The van der Waals surface area contributed by atoms with E-state index < -0.39 is 18.5 Å². The molecule has 0 amide bonds. The maximum absolute atomic E-state index is 9.81. The van der Waals surface area contributed by atoms with Crippen molar-refractivity contribution in [2.45, 2.75) is 38.3 Å². The highest BCUT2D eigenvalue weighted by molar-refractivity contribution is 5.74. The lowest BCUT2D eigenvalue weighted by molar-refractivity contribution is -0.184. The topological polar surface area (TPSA) is 68.2 Å². The number of aliphatic hydroxyl groups is 2. The van der Waals surface area contributed by atoms with Gasteiger partial charge < -0.3 is 24.4 Å². The first-order valence-electron chi connectivity index (χ1n) is 7.35. The van der Waals surface area contributed by atoms with E-state index in [0.29, 0.717) is 30.1 Å². The molecule has 22 heavy (non-hydrogen) atoms. The summed E-state index contributed by atoms with van der Waals surface area (Å²) in [5.74, 6) is 1.88. The van der Waals surface area contributed by atoms with E-state index in [1.54, 1.807) is 6.07 Å². The third-order valence-electron chi connectivity index (χ3n) is 3.81. The average Bonchev–Trinajstić information content (AvgIpc) is 2.46. The van der Waals surface area contributed by atoms with E-state index in [0.717, 1.165) is 11.1 Å². The SMILES string of the molecule is C=C1C=C(C)c2ccc(OC3CC(O)CC(CO)O3)cc2O1. The van der Waals surface area contributed by atoms with Gasteiger partial charge in [0.1, 0.15) is 17.3 Å². The second kappa shape index (κ2) is 6.12. The van der Waals surface area contributed by atoms with Crippen LogP contribution in [0.5, 0.6) is 11.5 Å². The molecule has 0 spiro atoms. The van der Waals surface area contributed by atoms with Crippen molar-refractivity contribution >= 4 is 5.57 Å². The standard InChI is InChI=1S/C17H20O5/c1-10-5-11(2)20-16-8-13(3-4-15(10)16)21-17-7-12(19)6-14(9-18)22-17/h3-5,8,12,14,17-19H,2,6-7,9H2,1H3. The van der Waals surface area contributed by atoms with Gasteiger partial charge in [0, 0.05) is 24.5 Å². The molecule has 0 aromatic heterocycles. The van der Waals surface area contributed by atoms with Crippen molar-refractivity contribution in [1.82, 2.24) is 0 Å². The molecule has 3 unspecified atom stereocenters. The molecule has 118 valence electrons. The van der Waals surface area contributed by atoms with E-state index in [-0.39, 0.29) is 6.61 Å². The molecule has 2 N–H and O–H groups in total. The van der Waals surface area contributed by atoms with Gasteiger partial charge in [-0.3, -0.25) is 0 Å². The van der Waals surface area contributed by atoms with Gasteiger partial charge in [-0.05, 0) is 30.7 Å². The van der Waals surface area contributed by atoms with Crippen LogP contribution in [-0.2, 0) is 4.74 Å². The van der Waals surface area contributed by atoms with E-state index >= 15 is 0 Å².